The molecule has 2 heterocycles. The topological polar surface area (TPSA) is 92.3 Å². The fraction of sp³-hybridized carbons (Fsp3) is 0.391. The highest BCUT2D eigenvalue weighted by molar-refractivity contribution is 6.04. The molecule has 1 amide bonds. The monoisotopic (exact) mass is 425 g/mol. The van der Waals surface area contributed by atoms with Crippen LogP contribution in [0, 0.1) is 0 Å². The number of hydrogen-bond acceptors (Lipinski definition) is 7. The molecule has 5 rings (SSSR count). The SMILES string of the molecule is COc1ccc2c(c1)O[C@H](c1ccc3c(c1)OCO3)[C@@H](OC(=O)NC1CCCC1)C2=O. The Morgan fingerprint density at radius 2 is 1.84 bits per heavy atom. The molecule has 3 aliphatic rings. The number of Topliss-reactive ketones (excluding diaryl/α,β-unsaturated/α-hetero) is 1. The lowest BCUT2D eigenvalue weighted by atomic mass is 9.93. The van der Waals surface area contributed by atoms with Crippen LogP contribution >= 0.6 is 0 Å². The summed E-state index contributed by atoms with van der Waals surface area (Å²) in [5.41, 5.74) is 0.987. The van der Waals surface area contributed by atoms with Crippen LogP contribution in [-0.2, 0) is 4.74 Å². The normalized spacial score (nSPS) is 21.9. The molecule has 1 saturated carbocycles. The van der Waals surface area contributed by atoms with E-state index >= 15 is 0 Å². The van der Waals surface area contributed by atoms with Gasteiger partial charge >= 0.3 is 6.09 Å². The van der Waals surface area contributed by atoms with Crippen molar-refractivity contribution in [2.45, 2.75) is 43.9 Å². The summed E-state index contributed by atoms with van der Waals surface area (Å²) in [5, 5.41) is 2.87. The van der Waals surface area contributed by atoms with Crippen molar-refractivity contribution in [3.8, 4) is 23.0 Å². The molecule has 0 spiro atoms. The van der Waals surface area contributed by atoms with E-state index < -0.39 is 18.3 Å². The Labute approximate surface area is 179 Å². The summed E-state index contributed by atoms with van der Waals surface area (Å²) in [5.74, 6) is 1.79. The van der Waals surface area contributed by atoms with E-state index in [0.717, 1.165) is 25.7 Å². The first-order valence-corrected chi connectivity index (χ1v) is 10.4. The number of amides is 1. The first-order valence-electron chi connectivity index (χ1n) is 10.4. The fourth-order valence-electron chi connectivity index (χ4n) is 4.25. The second-order valence-electron chi connectivity index (χ2n) is 7.83. The summed E-state index contributed by atoms with van der Waals surface area (Å²) in [6.45, 7) is 0.132. The lowest BCUT2D eigenvalue weighted by molar-refractivity contribution is 0.00817. The Hall–Kier alpha value is -3.42. The summed E-state index contributed by atoms with van der Waals surface area (Å²) >= 11 is 0. The van der Waals surface area contributed by atoms with Crippen molar-refractivity contribution < 1.29 is 33.3 Å². The van der Waals surface area contributed by atoms with Crippen molar-refractivity contribution in [2.75, 3.05) is 13.9 Å². The van der Waals surface area contributed by atoms with Crippen molar-refractivity contribution in [1.29, 1.82) is 0 Å². The zero-order valence-corrected chi connectivity index (χ0v) is 17.1. The smallest absolute Gasteiger partial charge is 0.408 e. The number of hydrogen-bond donors (Lipinski definition) is 1. The van der Waals surface area contributed by atoms with E-state index in [1.807, 2.05) is 0 Å². The third-order valence-corrected chi connectivity index (χ3v) is 5.88. The van der Waals surface area contributed by atoms with Gasteiger partial charge in [0.05, 0.1) is 12.7 Å². The van der Waals surface area contributed by atoms with Gasteiger partial charge in [-0.3, -0.25) is 4.79 Å². The Kier molecular flexibility index (Phi) is 5.05. The van der Waals surface area contributed by atoms with Gasteiger partial charge in [0.25, 0.3) is 0 Å². The summed E-state index contributed by atoms with van der Waals surface area (Å²) < 4.78 is 27.9. The number of carbonyl (C=O) groups is 2. The molecular weight excluding hydrogens is 402 g/mol. The molecule has 0 bridgehead atoms. The highest BCUT2D eigenvalue weighted by Gasteiger charge is 2.42. The van der Waals surface area contributed by atoms with E-state index in [2.05, 4.69) is 5.32 Å². The number of benzene rings is 2. The van der Waals surface area contributed by atoms with Gasteiger partial charge in [-0.1, -0.05) is 18.9 Å². The van der Waals surface area contributed by atoms with Crippen molar-refractivity contribution in [2.24, 2.45) is 0 Å². The van der Waals surface area contributed by atoms with Gasteiger partial charge in [-0.05, 0) is 37.1 Å². The molecular formula is C23H23NO7. The molecule has 31 heavy (non-hydrogen) atoms. The van der Waals surface area contributed by atoms with Gasteiger partial charge in [0.2, 0.25) is 18.7 Å². The molecule has 8 nitrogen and oxygen atoms in total. The maximum atomic E-state index is 13.3. The summed E-state index contributed by atoms with van der Waals surface area (Å²) in [4.78, 5) is 25.9. The number of nitrogens with one attached hydrogen (secondary N) is 1. The van der Waals surface area contributed by atoms with Crippen LogP contribution in [0.4, 0.5) is 4.79 Å². The Bertz CT molecular complexity index is 1010. The number of fused-ring (bicyclic) bond motifs is 2. The van der Waals surface area contributed by atoms with Crippen LogP contribution in [0.1, 0.15) is 47.7 Å². The number of ketones is 1. The summed E-state index contributed by atoms with van der Waals surface area (Å²) in [6.07, 6.45) is 1.39. The quantitative estimate of drug-likeness (QED) is 0.797. The minimum atomic E-state index is -1.14. The summed E-state index contributed by atoms with van der Waals surface area (Å²) in [7, 11) is 1.54. The zero-order chi connectivity index (χ0) is 21.4. The van der Waals surface area contributed by atoms with E-state index in [1.165, 1.54) is 0 Å². The van der Waals surface area contributed by atoms with E-state index in [9.17, 15) is 9.59 Å². The van der Waals surface area contributed by atoms with Crippen LogP contribution in [-0.4, -0.2) is 37.9 Å². The van der Waals surface area contributed by atoms with Gasteiger partial charge in [-0.15, -0.1) is 0 Å². The molecule has 0 aromatic heterocycles. The van der Waals surface area contributed by atoms with Crippen molar-refractivity contribution >= 4 is 11.9 Å². The minimum absolute atomic E-state index is 0.0765. The predicted molar refractivity (Wildman–Crippen MR) is 109 cm³/mol. The first kappa shape index (κ1) is 19.5. The van der Waals surface area contributed by atoms with Crippen molar-refractivity contribution in [1.82, 2.24) is 5.32 Å². The van der Waals surface area contributed by atoms with Gasteiger partial charge in [-0.2, -0.15) is 0 Å². The third-order valence-electron chi connectivity index (χ3n) is 5.88. The van der Waals surface area contributed by atoms with E-state index in [1.54, 1.807) is 43.5 Å². The van der Waals surface area contributed by atoms with E-state index in [0.29, 0.717) is 34.1 Å². The standard InChI is InChI=1S/C23H23NO7/c1-27-15-7-8-16-18(11-15)30-21(13-6-9-17-19(10-13)29-12-28-17)22(20(16)25)31-23(26)24-14-4-2-3-5-14/h6-11,14,21-22H,2-5,12H2,1H3,(H,24,26)/t21-,22+/m1/s1. The molecule has 0 unspecified atom stereocenters. The molecule has 1 N–H and O–H groups in total. The molecule has 8 heteroatoms. The van der Waals surface area contributed by atoms with Crippen LogP contribution in [0.25, 0.3) is 0 Å². The average molecular weight is 425 g/mol. The Morgan fingerprint density at radius 3 is 2.65 bits per heavy atom. The van der Waals surface area contributed by atoms with E-state index in [4.69, 9.17) is 23.7 Å². The number of carbonyl (C=O) groups excluding carboxylic acids is 2. The second kappa shape index (κ2) is 8.02. The van der Waals surface area contributed by atoms with Gasteiger partial charge in [0.1, 0.15) is 11.5 Å². The van der Waals surface area contributed by atoms with Gasteiger partial charge in [0, 0.05) is 17.7 Å². The molecule has 0 radical (unpaired) electrons. The molecule has 2 aliphatic heterocycles. The minimum Gasteiger partial charge on any atom is -0.497 e. The van der Waals surface area contributed by atoms with Crippen molar-refractivity contribution in [3.05, 3.63) is 47.5 Å². The number of alkyl carbamates (subject to hydrolysis) is 1. The third kappa shape index (κ3) is 3.73. The maximum Gasteiger partial charge on any atom is 0.408 e. The van der Waals surface area contributed by atoms with Crippen LogP contribution in [0.3, 0.4) is 0 Å². The van der Waals surface area contributed by atoms with Gasteiger partial charge in [-0.25, -0.2) is 4.79 Å². The average Bonchev–Trinajstić information content (AvgIpc) is 3.46. The molecule has 2 atom stereocenters. The van der Waals surface area contributed by atoms with Crippen LogP contribution in [0.5, 0.6) is 23.0 Å². The lowest BCUT2D eigenvalue weighted by Crippen LogP contribution is -2.43. The lowest BCUT2D eigenvalue weighted by Gasteiger charge is -2.32. The van der Waals surface area contributed by atoms with Crippen molar-refractivity contribution in [3.63, 3.8) is 0 Å². The zero-order valence-electron chi connectivity index (χ0n) is 17.1. The highest BCUT2D eigenvalue weighted by atomic mass is 16.7. The van der Waals surface area contributed by atoms with Crippen LogP contribution in [0.2, 0.25) is 0 Å². The van der Waals surface area contributed by atoms with Gasteiger partial charge in [0.15, 0.2) is 17.6 Å². The predicted octanol–water partition coefficient (Wildman–Crippen LogP) is 3.78. The Balaban J connectivity index is 1.46. The van der Waals surface area contributed by atoms with Crippen LogP contribution < -0.4 is 24.3 Å². The molecule has 162 valence electrons. The highest BCUT2D eigenvalue weighted by Crippen LogP contribution is 2.41. The van der Waals surface area contributed by atoms with Gasteiger partial charge < -0.3 is 29.0 Å². The second-order valence-corrected chi connectivity index (χ2v) is 7.83. The fourth-order valence-corrected chi connectivity index (χ4v) is 4.25. The number of rotatable bonds is 4. The molecule has 1 aliphatic carbocycles. The Morgan fingerprint density at radius 1 is 1.03 bits per heavy atom. The molecule has 1 fully saturated rings. The largest absolute Gasteiger partial charge is 0.497 e. The van der Waals surface area contributed by atoms with E-state index in [-0.39, 0.29) is 18.6 Å². The molecule has 0 saturated heterocycles. The molecule has 2 aromatic rings. The maximum absolute atomic E-state index is 13.3. The van der Waals surface area contributed by atoms with Crippen LogP contribution in [0.15, 0.2) is 36.4 Å². The summed E-state index contributed by atoms with van der Waals surface area (Å²) in [6, 6.07) is 10.3. The first-order chi connectivity index (χ1) is 15.1. The number of methoxy groups -OCH3 is 1. The number of ether oxygens (including phenoxy) is 5. The molecule has 2 aromatic carbocycles.